The van der Waals surface area contributed by atoms with E-state index in [1.807, 2.05) is 31.0 Å². The molecule has 3 N–H and O–H groups in total. The molecule has 4 amide bonds. The van der Waals surface area contributed by atoms with E-state index < -0.39 is 86.4 Å². The lowest BCUT2D eigenvalue weighted by Gasteiger charge is -2.45. The van der Waals surface area contributed by atoms with Crippen molar-refractivity contribution in [1.29, 1.82) is 0 Å². The van der Waals surface area contributed by atoms with Gasteiger partial charge in [0, 0.05) is 36.4 Å². The van der Waals surface area contributed by atoms with Gasteiger partial charge in [-0.15, -0.1) is 0 Å². The fourth-order valence-corrected chi connectivity index (χ4v) is 10.1. The largest absolute Gasteiger partial charge is 0.489 e. The Morgan fingerprint density at radius 1 is 1.10 bits per heavy atom. The summed E-state index contributed by atoms with van der Waals surface area (Å²) in [4.78, 5) is 64.1. The number of hydrogen-bond donors (Lipinski definition) is 3. The summed E-state index contributed by atoms with van der Waals surface area (Å²) < 4.78 is 84.6. The fourth-order valence-electron chi connectivity index (χ4n) is 8.78. The molecule has 19 heteroatoms. The second kappa shape index (κ2) is 15.3. The molecule has 1 aromatic heterocycles. The minimum absolute atomic E-state index is 0.0607. The van der Waals surface area contributed by atoms with E-state index in [0.717, 1.165) is 10.6 Å². The quantitative estimate of drug-likeness (QED) is 0.331. The summed E-state index contributed by atoms with van der Waals surface area (Å²) in [5, 5.41) is 13.7. The monoisotopic (exact) mass is 848 g/mol. The van der Waals surface area contributed by atoms with Crippen LogP contribution in [0.25, 0.3) is 10.8 Å². The van der Waals surface area contributed by atoms with Gasteiger partial charge in [-0.05, 0) is 82.4 Å². The number of pyridine rings is 1. The Hall–Kier alpha value is -4.81. The van der Waals surface area contributed by atoms with Crippen molar-refractivity contribution < 1.29 is 55.3 Å². The number of aromatic nitrogens is 1. The minimum Gasteiger partial charge on any atom is -0.489 e. The number of alkyl halides is 3. The summed E-state index contributed by atoms with van der Waals surface area (Å²) in [7, 11) is -2.09. The highest BCUT2D eigenvalue weighted by molar-refractivity contribution is 7.91. The van der Waals surface area contributed by atoms with Gasteiger partial charge in [-0.1, -0.05) is 26.0 Å². The van der Waals surface area contributed by atoms with Crippen LogP contribution in [0.2, 0.25) is 0 Å². The molecule has 2 saturated carbocycles. The molecule has 2 aliphatic carbocycles. The highest BCUT2D eigenvalue weighted by atomic mass is 32.2. The predicted molar refractivity (Wildman–Crippen MR) is 209 cm³/mol. The van der Waals surface area contributed by atoms with Crippen molar-refractivity contribution in [2.45, 2.75) is 113 Å². The highest BCUT2D eigenvalue weighted by Gasteiger charge is 2.63. The van der Waals surface area contributed by atoms with Crippen LogP contribution in [0.4, 0.5) is 23.7 Å². The van der Waals surface area contributed by atoms with E-state index in [9.17, 15) is 41.1 Å². The second-order valence-corrected chi connectivity index (χ2v) is 19.3. The highest BCUT2D eigenvalue weighted by Crippen LogP contribution is 2.47. The third-order valence-electron chi connectivity index (χ3n) is 12.6. The molecule has 2 aromatic rings. The van der Waals surface area contributed by atoms with Gasteiger partial charge >= 0.3 is 12.3 Å². The van der Waals surface area contributed by atoms with E-state index in [-0.39, 0.29) is 42.5 Å². The first-order chi connectivity index (χ1) is 27.7. The molecule has 0 unspecified atom stereocenters. The van der Waals surface area contributed by atoms with Crippen LogP contribution in [0.3, 0.4) is 0 Å². The van der Waals surface area contributed by atoms with Crippen molar-refractivity contribution in [3.63, 3.8) is 0 Å². The van der Waals surface area contributed by atoms with Gasteiger partial charge in [-0.25, -0.2) is 18.2 Å². The molecule has 1 aromatic carbocycles. The molecule has 0 radical (unpaired) electrons. The molecular weight excluding hydrogens is 798 g/mol. The first-order valence-electron chi connectivity index (χ1n) is 20.0. The first-order valence-corrected chi connectivity index (χ1v) is 21.6. The minimum atomic E-state index is -5.09. The number of ether oxygens (including phenoxy) is 2. The summed E-state index contributed by atoms with van der Waals surface area (Å²) in [5.41, 5.74) is -3.88. The van der Waals surface area contributed by atoms with Gasteiger partial charge in [0.1, 0.15) is 35.9 Å². The molecule has 0 bridgehead atoms. The number of anilines is 1. The molecule has 59 heavy (non-hydrogen) atoms. The maximum absolute atomic E-state index is 15.0. The van der Waals surface area contributed by atoms with Crippen molar-refractivity contribution >= 4 is 50.3 Å². The Balaban J connectivity index is 1.29. The molecule has 3 aliphatic heterocycles. The molecule has 4 heterocycles. The van der Waals surface area contributed by atoms with Crippen molar-refractivity contribution in [1.82, 2.24) is 24.8 Å². The lowest BCUT2D eigenvalue weighted by molar-refractivity contribution is -0.222. The Kier molecular flexibility index (Phi) is 11.0. The Bertz CT molecular complexity index is 2170. The van der Waals surface area contributed by atoms with Crippen LogP contribution in [0, 0.1) is 17.8 Å². The van der Waals surface area contributed by atoms with E-state index >= 15 is 4.79 Å². The molecule has 3 fully saturated rings. The first kappa shape index (κ1) is 42.3. The number of hydrogen-bond acceptors (Lipinski definition) is 10. The number of carbonyl (C=O) groups excluding carboxylic acids is 3. The Morgan fingerprint density at radius 2 is 1.83 bits per heavy atom. The smallest absolute Gasteiger partial charge is 0.411 e. The number of nitrogens with one attached hydrogen (secondary N) is 2. The third-order valence-corrected chi connectivity index (χ3v) is 14.4. The summed E-state index contributed by atoms with van der Waals surface area (Å²) in [5.74, 6) is -3.81. The zero-order valence-corrected chi connectivity index (χ0v) is 34.4. The number of likely N-dealkylation sites (N-methyl/N-ethyl adjacent to an activating group) is 1. The van der Waals surface area contributed by atoms with Crippen LogP contribution in [0.5, 0.6) is 11.6 Å². The van der Waals surface area contributed by atoms with E-state index in [1.54, 1.807) is 18.2 Å². The Labute approximate surface area is 340 Å². The normalized spacial score (nSPS) is 29.2. The predicted octanol–water partition coefficient (Wildman–Crippen LogP) is 4.60. The van der Waals surface area contributed by atoms with Gasteiger partial charge in [-0.2, -0.15) is 13.2 Å². The summed E-state index contributed by atoms with van der Waals surface area (Å²) >= 11 is 0. The van der Waals surface area contributed by atoms with Crippen LogP contribution in [-0.2, 0) is 24.4 Å². The number of halogens is 3. The van der Waals surface area contributed by atoms with E-state index in [4.69, 9.17) is 9.47 Å². The van der Waals surface area contributed by atoms with Crippen LogP contribution in [0.15, 0.2) is 36.5 Å². The van der Waals surface area contributed by atoms with E-state index in [1.165, 1.54) is 13.1 Å². The van der Waals surface area contributed by atoms with Gasteiger partial charge in [-0.3, -0.25) is 24.0 Å². The average Bonchev–Trinajstić information content (AvgIpc) is 4.08. The summed E-state index contributed by atoms with van der Waals surface area (Å²) in [6, 6.07) is 2.05. The standard InChI is InChI=1S/C40H51F3N6O9S/c1-22-8-6-7-9-24-20-39(24,36(52)46-59(55,56)26-10-11-26)45-33(50)30-19-25(58-34-28-12-13-29-32(27(28)14-15-44-34)57-17-16-47(29)5)21-48(30)35(51)31(23(2)18-22)49(37(53)54)38(3,4)40(41,42)43/h7,9,12-15,22-26,30-31H,6,8,10-11,16-21H2,1-5H3,(H,45,50)(H,46,52)(H,53,54)/t22-,23+,24+,25+,30-,31-,39+/m0/s1. The number of fused-ring (bicyclic) bond motifs is 5. The molecule has 15 nitrogen and oxygen atoms in total. The van der Waals surface area contributed by atoms with Gasteiger partial charge in [0.2, 0.25) is 27.7 Å². The van der Waals surface area contributed by atoms with Crippen LogP contribution in [-0.4, -0.2) is 120 Å². The third kappa shape index (κ3) is 7.98. The van der Waals surface area contributed by atoms with E-state index in [0.29, 0.717) is 69.2 Å². The molecule has 0 spiro atoms. The van der Waals surface area contributed by atoms with Crippen molar-refractivity contribution in [3.05, 3.63) is 36.5 Å². The number of benzene rings is 1. The number of carbonyl (C=O) groups is 4. The van der Waals surface area contributed by atoms with Crippen molar-refractivity contribution in [2.75, 3.05) is 31.6 Å². The lowest BCUT2D eigenvalue weighted by atomic mass is 9.85. The number of carboxylic acid groups (broad SMARTS) is 1. The summed E-state index contributed by atoms with van der Waals surface area (Å²) in [6.45, 7) is 5.55. The maximum atomic E-state index is 15.0. The molecule has 5 aliphatic rings. The van der Waals surface area contributed by atoms with Gasteiger partial charge in [0.05, 0.1) is 24.0 Å². The maximum Gasteiger partial charge on any atom is 0.411 e. The van der Waals surface area contributed by atoms with Crippen molar-refractivity contribution in [3.8, 4) is 11.6 Å². The lowest BCUT2D eigenvalue weighted by Crippen LogP contribution is -2.66. The SMILES string of the molecule is C[C@H]1CCC=C[C@@H]2C[C@@]2(C(=O)NS(=O)(=O)C2CC2)NC(=O)[C@@H]2C[C@@H](Oc3nccc4c5c(ccc34)N(C)CCO5)CN2C(=O)[C@@H](N(C(=O)O)C(C)(C)C(F)(F)F)[C@H](C)C1. The van der Waals surface area contributed by atoms with Gasteiger partial charge in [0.25, 0.3) is 5.91 Å². The van der Waals surface area contributed by atoms with E-state index in [2.05, 4.69) is 15.0 Å². The zero-order valence-electron chi connectivity index (χ0n) is 33.6. The topological polar surface area (TPSA) is 188 Å². The molecule has 322 valence electrons. The zero-order chi connectivity index (χ0) is 42.8. The Morgan fingerprint density at radius 3 is 2.51 bits per heavy atom. The summed E-state index contributed by atoms with van der Waals surface area (Å²) in [6.07, 6.45) is -1.20. The molecule has 1 saturated heterocycles. The molecule has 7 atom stereocenters. The van der Waals surface area contributed by atoms with Crippen LogP contribution in [0.1, 0.15) is 72.6 Å². The number of allylic oxidation sites excluding steroid dienone is 1. The van der Waals surface area contributed by atoms with Crippen LogP contribution < -0.4 is 24.4 Å². The average molecular weight is 849 g/mol. The number of nitrogens with zero attached hydrogens (tertiary/aromatic N) is 4. The number of rotatable bonds is 7. The van der Waals surface area contributed by atoms with Gasteiger partial charge in [0.15, 0.2) is 5.75 Å². The molecule has 7 rings (SSSR count). The van der Waals surface area contributed by atoms with Crippen molar-refractivity contribution in [2.24, 2.45) is 17.8 Å². The van der Waals surface area contributed by atoms with Gasteiger partial charge < -0.3 is 29.7 Å². The number of amides is 4. The van der Waals surface area contributed by atoms with Crippen LogP contribution >= 0.6 is 0 Å². The number of sulfonamides is 1. The second-order valence-electron chi connectivity index (χ2n) is 17.3. The fraction of sp³-hybridized carbons (Fsp3) is 0.625. The molecular formula is C40H51F3N6O9S.